The van der Waals surface area contributed by atoms with Crippen LogP contribution in [0.2, 0.25) is 0 Å². The molecule has 102 valence electrons. The second kappa shape index (κ2) is 7.00. The smallest absolute Gasteiger partial charge is 0.324 e. The van der Waals surface area contributed by atoms with E-state index in [-0.39, 0.29) is 0 Å². The molecule has 1 N–H and O–H groups in total. The van der Waals surface area contributed by atoms with E-state index in [2.05, 4.69) is 32.6 Å². The van der Waals surface area contributed by atoms with Crippen LogP contribution in [0.4, 0.5) is 0 Å². The van der Waals surface area contributed by atoms with E-state index in [1.807, 2.05) is 14.0 Å². The summed E-state index contributed by atoms with van der Waals surface area (Å²) in [6, 6.07) is 0.301. The minimum absolute atomic E-state index is 0.301. The average molecular weight is 243 g/mol. The van der Waals surface area contributed by atoms with Crippen molar-refractivity contribution in [2.24, 2.45) is 5.92 Å². The zero-order valence-electron chi connectivity index (χ0n) is 12.3. The van der Waals surface area contributed by atoms with Crippen molar-refractivity contribution in [3.05, 3.63) is 0 Å². The van der Waals surface area contributed by atoms with Gasteiger partial charge in [-0.1, -0.05) is 34.1 Å². The van der Waals surface area contributed by atoms with Crippen molar-refractivity contribution >= 4 is 5.97 Å². The Morgan fingerprint density at radius 2 is 1.76 bits per heavy atom. The van der Waals surface area contributed by atoms with Crippen molar-refractivity contribution in [1.29, 1.82) is 0 Å². The lowest BCUT2D eigenvalue weighted by atomic mass is 9.82. The molecule has 0 aliphatic heterocycles. The van der Waals surface area contributed by atoms with Crippen LogP contribution in [0.5, 0.6) is 0 Å². The molecule has 3 nitrogen and oxygen atoms in total. The van der Waals surface area contributed by atoms with Crippen molar-refractivity contribution in [2.75, 3.05) is 7.05 Å². The molecule has 0 aromatic carbocycles. The molecule has 0 spiro atoms. The number of carbonyl (C=O) groups is 1. The molecule has 3 heteroatoms. The first-order valence-corrected chi connectivity index (χ1v) is 6.81. The van der Waals surface area contributed by atoms with E-state index in [9.17, 15) is 9.90 Å². The van der Waals surface area contributed by atoms with Gasteiger partial charge in [-0.2, -0.15) is 0 Å². The molecule has 0 saturated carbocycles. The number of nitrogens with zero attached hydrogens (tertiary/aromatic N) is 1. The molecular formula is C14H29NO2. The SMILES string of the molecule is CCC(C)CC(CC)(C(=O)O)N(C)C(C)CC. The Kier molecular flexibility index (Phi) is 6.76. The van der Waals surface area contributed by atoms with Crippen LogP contribution in [-0.2, 0) is 4.79 Å². The van der Waals surface area contributed by atoms with Gasteiger partial charge in [-0.3, -0.25) is 9.69 Å². The summed E-state index contributed by atoms with van der Waals surface area (Å²) in [7, 11) is 1.95. The van der Waals surface area contributed by atoms with Crippen LogP contribution in [0.15, 0.2) is 0 Å². The van der Waals surface area contributed by atoms with Gasteiger partial charge in [0, 0.05) is 6.04 Å². The maximum atomic E-state index is 11.7. The van der Waals surface area contributed by atoms with E-state index in [4.69, 9.17) is 0 Å². The summed E-state index contributed by atoms with van der Waals surface area (Å²) in [5, 5.41) is 9.64. The highest BCUT2D eigenvalue weighted by Crippen LogP contribution is 2.30. The maximum absolute atomic E-state index is 11.7. The Hall–Kier alpha value is -0.570. The molecule has 0 bridgehead atoms. The molecule has 3 atom stereocenters. The van der Waals surface area contributed by atoms with Gasteiger partial charge in [-0.25, -0.2) is 0 Å². The summed E-state index contributed by atoms with van der Waals surface area (Å²) in [5.74, 6) is -0.236. The number of aliphatic carboxylic acids is 1. The molecule has 0 aromatic rings. The number of carboxylic acids is 1. The number of rotatable bonds is 8. The fraction of sp³-hybridized carbons (Fsp3) is 0.929. The van der Waals surface area contributed by atoms with Gasteiger partial charge in [0.05, 0.1) is 0 Å². The van der Waals surface area contributed by atoms with Crippen molar-refractivity contribution < 1.29 is 9.90 Å². The zero-order valence-corrected chi connectivity index (χ0v) is 12.3. The Balaban J connectivity index is 5.13. The van der Waals surface area contributed by atoms with Crippen molar-refractivity contribution in [3.63, 3.8) is 0 Å². The topological polar surface area (TPSA) is 40.5 Å². The number of hydrogen-bond donors (Lipinski definition) is 1. The molecule has 0 rings (SSSR count). The summed E-state index contributed by atoms with van der Waals surface area (Å²) in [4.78, 5) is 13.8. The molecule has 17 heavy (non-hydrogen) atoms. The van der Waals surface area contributed by atoms with E-state index in [0.717, 1.165) is 19.3 Å². The van der Waals surface area contributed by atoms with Gasteiger partial charge in [0.15, 0.2) is 0 Å². The number of carboxylic acid groups (broad SMARTS) is 1. The molecule has 0 aliphatic rings. The maximum Gasteiger partial charge on any atom is 0.324 e. The summed E-state index contributed by atoms with van der Waals surface area (Å²) in [5.41, 5.74) is -0.704. The molecule has 0 aromatic heterocycles. The minimum Gasteiger partial charge on any atom is -0.480 e. The van der Waals surface area contributed by atoms with Gasteiger partial charge in [0.2, 0.25) is 0 Å². The third-order valence-corrected chi connectivity index (χ3v) is 4.29. The quantitative estimate of drug-likeness (QED) is 0.710. The van der Waals surface area contributed by atoms with E-state index in [0.29, 0.717) is 18.4 Å². The molecular weight excluding hydrogens is 214 g/mol. The zero-order chi connectivity index (χ0) is 13.6. The normalized spacial score (nSPS) is 18.8. The lowest BCUT2D eigenvalue weighted by molar-refractivity contribution is -0.154. The lowest BCUT2D eigenvalue weighted by Gasteiger charge is -2.42. The van der Waals surface area contributed by atoms with E-state index < -0.39 is 11.5 Å². The van der Waals surface area contributed by atoms with E-state index in [1.54, 1.807) is 0 Å². The van der Waals surface area contributed by atoms with Crippen LogP contribution in [-0.4, -0.2) is 34.6 Å². The van der Waals surface area contributed by atoms with Crippen molar-refractivity contribution in [2.45, 2.75) is 71.9 Å². The van der Waals surface area contributed by atoms with Gasteiger partial charge < -0.3 is 5.11 Å². The van der Waals surface area contributed by atoms with Crippen LogP contribution in [0.25, 0.3) is 0 Å². The third kappa shape index (κ3) is 3.70. The monoisotopic (exact) mass is 243 g/mol. The highest BCUT2D eigenvalue weighted by atomic mass is 16.4. The number of likely N-dealkylation sites (N-methyl/N-ethyl adjacent to an activating group) is 1. The first-order valence-electron chi connectivity index (χ1n) is 6.81. The van der Waals surface area contributed by atoms with Crippen LogP contribution < -0.4 is 0 Å². The molecule has 0 amide bonds. The molecule has 0 radical (unpaired) electrons. The van der Waals surface area contributed by atoms with Crippen LogP contribution in [0.3, 0.4) is 0 Å². The predicted molar refractivity (Wildman–Crippen MR) is 72.2 cm³/mol. The Morgan fingerprint density at radius 3 is 2.06 bits per heavy atom. The third-order valence-electron chi connectivity index (χ3n) is 4.29. The van der Waals surface area contributed by atoms with Gasteiger partial charge >= 0.3 is 5.97 Å². The highest BCUT2D eigenvalue weighted by molar-refractivity contribution is 5.78. The molecule has 0 aliphatic carbocycles. The first-order chi connectivity index (χ1) is 7.85. The average Bonchev–Trinajstić information content (AvgIpc) is 2.33. The van der Waals surface area contributed by atoms with Crippen LogP contribution >= 0.6 is 0 Å². The molecule has 0 heterocycles. The standard InChI is InChI=1S/C14H29NO2/c1-7-11(4)10-14(9-3,13(16)17)15(6)12(5)8-2/h11-12H,7-10H2,1-6H3,(H,16,17). The molecule has 0 saturated heterocycles. The number of hydrogen-bond acceptors (Lipinski definition) is 2. The van der Waals surface area contributed by atoms with Crippen LogP contribution in [0, 0.1) is 5.92 Å². The largest absolute Gasteiger partial charge is 0.480 e. The van der Waals surface area contributed by atoms with Crippen molar-refractivity contribution in [1.82, 2.24) is 4.90 Å². The second-order valence-corrected chi connectivity index (χ2v) is 5.28. The Morgan fingerprint density at radius 1 is 1.24 bits per heavy atom. The van der Waals surface area contributed by atoms with Crippen molar-refractivity contribution in [3.8, 4) is 0 Å². The van der Waals surface area contributed by atoms with Gasteiger partial charge in [0.1, 0.15) is 5.54 Å². The Labute approximate surface area is 106 Å². The summed E-state index contributed by atoms with van der Waals surface area (Å²) in [6.45, 7) is 10.4. The highest BCUT2D eigenvalue weighted by Gasteiger charge is 2.42. The summed E-state index contributed by atoms with van der Waals surface area (Å²) in [6.07, 6.45) is 3.40. The fourth-order valence-corrected chi connectivity index (χ4v) is 2.34. The second-order valence-electron chi connectivity index (χ2n) is 5.28. The summed E-state index contributed by atoms with van der Waals surface area (Å²) >= 11 is 0. The predicted octanol–water partition coefficient (Wildman–Crippen LogP) is 3.39. The lowest BCUT2D eigenvalue weighted by Crippen LogP contribution is -2.56. The molecule has 0 fully saturated rings. The van der Waals surface area contributed by atoms with Crippen LogP contribution in [0.1, 0.15) is 60.3 Å². The van der Waals surface area contributed by atoms with Gasteiger partial charge in [-0.05, 0) is 39.2 Å². The minimum atomic E-state index is -0.704. The van der Waals surface area contributed by atoms with Gasteiger partial charge in [-0.15, -0.1) is 0 Å². The fourth-order valence-electron chi connectivity index (χ4n) is 2.34. The van der Waals surface area contributed by atoms with E-state index >= 15 is 0 Å². The first kappa shape index (κ1) is 16.4. The Bertz CT molecular complexity index is 242. The summed E-state index contributed by atoms with van der Waals surface area (Å²) < 4.78 is 0. The molecule has 3 unspecified atom stereocenters. The van der Waals surface area contributed by atoms with E-state index in [1.165, 1.54) is 0 Å². The van der Waals surface area contributed by atoms with Gasteiger partial charge in [0.25, 0.3) is 0 Å².